The molecule has 0 spiro atoms. The Morgan fingerprint density at radius 2 is 2.30 bits per heavy atom. The molecule has 1 N–H and O–H groups in total. The van der Waals surface area contributed by atoms with Crippen molar-refractivity contribution < 1.29 is 9.90 Å². The lowest BCUT2D eigenvalue weighted by Crippen LogP contribution is -2.43. The number of likely N-dealkylation sites (tertiary alicyclic amines) is 1. The molecule has 1 fully saturated rings. The van der Waals surface area contributed by atoms with Gasteiger partial charge in [-0.15, -0.1) is 0 Å². The highest BCUT2D eigenvalue weighted by molar-refractivity contribution is 9.10. The molecule has 2 rings (SSSR count). The lowest BCUT2D eigenvalue weighted by Gasteiger charge is -2.34. The van der Waals surface area contributed by atoms with Crippen molar-refractivity contribution >= 4 is 21.8 Å². The van der Waals surface area contributed by atoms with Gasteiger partial charge in [-0.2, -0.15) is 0 Å². The van der Waals surface area contributed by atoms with E-state index in [0.717, 1.165) is 35.0 Å². The summed E-state index contributed by atoms with van der Waals surface area (Å²) >= 11 is 3.44. The molecule has 20 heavy (non-hydrogen) atoms. The molecule has 110 valence electrons. The second-order valence-corrected chi connectivity index (χ2v) is 6.65. The third-order valence-corrected chi connectivity index (χ3v) is 4.63. The predicted octanol–water partition coefficient (Wildman–Crippen LogP) is 2.92. The van der Waals surface area contributed by atoms with Gasteiger partial charge in [-0.1, -0.05) is 22.0 Å². The zero-order valence-electron chi connectivity index (χ0n) is 12.1. The monoisotopic (exact) mass is 339 g/mol. The van der Waals surface area contributed by atoms with Crippen molar-refractivity contribution in [1.82, 2.24) is 4.90 Å². The first kappa shape index (κ1) is 15.5. The van der Waals surface area contributed by atoms with E-state index in [4.69, 9.17) is 0 Å². The molecule has 0 aromatic heterocycles. The number of carbonyl (C=O) groups excluding carboxylic acids is 1. The third-order valence-electron chi connectivity index (χ3n) is 4.14. The topological polar surface area (TPSA) is 40.5 Å². The fraction of sp³-hybridized carbons (Fsp3) is 0.562. The average Bonchev–Trinajstić information content (AvgIpc) is 2.42. The molecule has 1 amide bonds. The van der Waals surface area contributed by atoms with Crippen LogP contribution in [-0.2, 0) is 11.2 Å². The minimum absolute atomic E-state index is 0.167. The van der Waals surface area contributed by atoms with E-state index in [1.165, 1.54) is 0 Å². The summed E-state index contributed by atoms with van der Waals surface area (Å²) in [5, 5.41) is 9.70. The largest absolute Gasteiger partial charge is 0.393 e. The Labute approximate surface area is 129 Å². The first-order valence-corrected chi connectivity index (χ1v) is 7.97. The van der Waals surface area contributed by atoms with E-state index < -0.39 is 0 Å². The summed E-state index contributed by atoms with van der Waals surface area (Å²) in [6, 6.07) is 6.02. The molecule has 3 nitrogen and oxygen atoms in total. The van der Waals surface area contributed by atoms with E-state index in [-0.39, 0.29) is 17.9 Å². The number of hydrogen-bond donors (Lipinski definition) is 1. The van der Waals surface area contributed by atoms with Crippen molar-refractivity contribution in [2.45, 2.75) is 39.2 Å². The van der Waals surface area contributed by atoms with Crippen LogP contribution >= 0.6 is 15.9 Å². The summed E-state index contributed by atoms with van der Waals surface area (Å²) in [6.45, 7) is 5.35. The fourth-order valence-corrected chi connectivity index (χ4v) is 3.24. The number of hydrogen-bond acceptors (Lipinski definition) is 2. The fourth-order valence-electron chi connectivity index (χ4n) is 2.76. The number of benzene rings is 1. The standard InChI is InChI=1S/C16H22BrNO2/c1-11-8-15(17)6-5-13(11)9-16(20)18-7-3-4-14(10-18)12(2)19/h5-6,8,12,14,19H,3-4,7,9-10H2,1-2H3/t12-,14+/m0/s1. The molecular weight excluding hydrogens is 318 g/mol. The van der Waals surface area contributed by atoms with E-state index >= 15 is 0 Å². The Balaban J connectivity index is 2.00. The Morgan fingerprint density at radius 3 is 2.95 bits per heavy atom. The highest BCUT2D eigenvalue weighted by Crippen LogP contribution is 2.22. The van der Waals surface area contributed by atoms with Gasteiger partial charge < -0.3 is 10.0 Å². The van der Waals surface area contributed by atoms with Gasteiger partial charge in [0.15, 0.2) is 0 Å². The molecule has 1 aliphatic rings. The van der Waals surface area contributed by atoms with Gasteiger partial charge >= 0.3 is 0 Å². The van der Waals surface area contributed by atoms with Crippen LogP contribution in [0, 0.1) is 12.8 Å². The normalized spacial score (nSPS) is 20.8. The van der Waals surface area contributed by atoms with Gasteiger partial charge in [-0.3, -0.25) is 4.79 Å². The number of amides is 1. The number of halogens is 1. The van der Waals surface area contributed by atoms with Gasteiger partial charge in [0.2, 0.25) is 5.91 Å². The quantitative estimate of drug-likeness (QED) is 0.919. The summed E-state index contributed by atoms with van der Waals surface area (Å²) in [6.07, 6.45) is 2.12. The lowest BCUT2D eigenvalue weighted by atomic mass is 9.93. The second kappa shape index (κ2) is 6.72. The SMILES string of the molecule is Cc1cc(Br)ccc1CC(=O)N1CCC[C@@H]([C@H](C)O)C1. The molecule has 4 heteroatoms. The Bertz CT molecular complexity index is 487. The van der Waals surface area contributed by atoms with Gasteiger partial charge in [0.25, 0.3) is 0 Å². The highest BCUT2D eigenvalue weighted by atomic mass is 79.9. The first-order valence-electron chi connectivity index (χ1n) is 7.18. The van der Waals surface area contributed by atoms with Crippen LogP contribution in [0.25, 0.3) is 0 Å². The molecular formula is C16H22BrNO2. The van der Waals surface area contributed by atoms with E-state index in [9.17, 15) is 9.90 Å². The van der Waals surface area contributed by atoms with Gasteiger partial charge in [0.05, 0.1) is 12.5 Å². The number of rotatable bonds is 3. The van der Waals surface area contributed by atoms with Crippen LogP contribution in [0.1, 0.15) is 30.9 Å². The average molecular weight is 340 g/mol. The Morgan fingerprint density at radius 1 is 1.55 bits per heavy atom. The van der Waals surface area contributed by atoms with Crippen LogP contribution in [0.4, 0.5) is 0 Å². The maximum absolute atomic E-state index is 12.4. The molecule has 2 atom stereocenters. The molecule has 1 heterocycles. The number of aryl methyl sites for hydroxylation is 1. The lowest BCUT2D eigenvalue weighted by molar-refractivity contribution is -0.133. The number of aliphatic hydroxyl groups is 1. The van der Waals surface area contributed by atoms with Gasteiger partial charge in [-0.25, -0.2) is 0 Å². The number of carbonyl (C=O) groups is 1. The summed E-state index contributed by atoms with van der Waals surface area (Å²) in [4.78, 5) is 14.3. The van der Waals surface area contributed by atoms with E-state index in [0.29, 0.717) is 13.0 Å². The van der Waals surface area contributed by atoms with Crippen molar-refractivity contribution in [2.24, 2.45) is 5.92 Å². The molecule has 0 unspecified atom stereocenters. The van der Waals surface area contributed by atoms with Gasteiger partial charge in [0, 0.05) is 23.5 Å². The zero-order chi connectivity index (χ0) is 14.7. The molecule has 1 aliphatic heterocycles. The van der Waals surface area contributed by atoms with E-state index in [1.54, 1.807) is 0 Å². The molecule has 0 aliphatic carbocycles. The van der Waals surface area contributed by atoms with Crippen molar-refractivity contribution in [2.75, 3.05) is 13.1 Å². The summed E-state index contributed by atoms with van der Waals surface area (Å²) < 4.78 is 1.04. The molecule has 1 aromatic rings. The number of nitrogens with zero attached hydrogens (tertiary/aromatic N) is 1. The van der Waals surface area contributed by atoms with Crippen LogP contribution in [0.15, 0.2) is 22.7 Å². The van der Waals surface area contributed by atoms with Crippen LogP contribution in [0.2, 0.25) is 0 Å². The van der Waals surface area contributed by atoms with Crippen molar-refractivity contribution in [3.63, 3.8) is 0 Å². The van der Waals surface area contributed by atoms with Crippen LogP contribution in [0.5, 0.6) is 0 Å². The van der Waals surface area contributed by atoms with Gasteiger partial charge in [0.1, 0.15) is 0 Å². The third kappa shape index (κ3) is 3.83. The highest BCUT2D eigenvalue weighted by Gasteiger charge is 2.26. The number of piperidine rings is 1. The summed E-state index contributed by atoms with van der Waals surface area (Å²) in [5.74, 6) is 0.388. The minimum atomic E-state index is -0.333. The van der Waals surface area contributed by atoms with E-state index in [1.807, 2.05) is 36.9 Å². The second-order valence-electron chi connectivity index (χ2n) is 5.73. The molecule has 0 radical (unpaired) electrons. The summed E-state index contributed by atoms with van der Waals surface area (Å²) in [7, 11) is 0. The van der Waals surface area contributed by atoms with Crippen LogP contribution in [-0.4, -0.2) is 35.1 Å². The Hall–Kier alpha value is -0.870. The van der Waals surface area contributed by atoms with Crippen LogP contribution < -0.4 is 0 Å². The molecule has 1 aromatic carbocycles. The smallest absolute Gasteiger partial charge is 0.227 e. The zero-order valence-corrected chi connectivity index (χ0v) is 13.7. The van der Waals surface area contributed by atoms with Crippen LogP contribution in [0.3, 0.4) is 0 Å². The number of aliphatic hydroxyl groups excluding tert-OH is 1. The van der Waals surface area contributed by atoms with E-state index in [2.05, 4.69) is 15.9 Å². The molecule has 0 saturated carbocycles. The minimum Gasteiger partial charge on any atom is -0.393 e. The van der Waals surface area contributed by atoms with Crippen molar-refractivity contribution in [3.8, 4) is 0 Å². The Kier molecular flexibility index (Phi) is 5.22. The first-order chi connectivity index (χ1) is 9.47. The predicted molar refractivity (Wildman–Crippen MR) is 83.6 cm³/mol. The van der Waals surface area contributed by atoms with Gasteiger partial charge in [-0.05, 0) is 49.9 Å². The summed E-state index contributed by atoms with van der Waals surface area (Å²) in [5.41, 5.74) is 2.22. The molecule has 1 saturated heterocycles. The molecule has 0 bridgehead atoms. The van der Waals surface area contributed by atoms with Crippen molar-refractivity contribution in [3.05, 3.63) is 33.8 Å². The maximum Gasteiger partial charge on any atom is 0.227 e. The van der Waals surface area contributed by atoms with Crippen molar-refractivity contribution in [1.29, 1.82) is 0 Å². The maximum atomic E-state index is 12.4.